The smallest absolute Gasteiger partial charge is 0.337 e. The minimum atomic E-state index is -0.353. The molecule has 0 spiro atoms. The Kier molecular flexibility index (Phi) is 4.73. The van der Waals surface area contributed by atoms with E-state index < -0.39 is 0 Å². The Morgan fingerprint density at radius 1 is 1.45 bits per heavy atom. The van der Waals surface area contributed by atoms with Gasteiger partial charge >= 0.3 is 5.97 Å². The number of benzene rings is 1. The third kappa shape index (κ3) is 3.16. The molecule has 0 radical (unpaired) electrons. The number of allylic oxidation sites excluding steroid dienone is 1. The Labute approximate surface area is 127 Å². The Balaban J connectivity index is 2.42. The van der Waals surface area contributed by atoms with Crippen molar-refractivity contribution in [2.75, 3.05) is 6.61 Å². The van der Waals surface area contributed by atoms with Gasteiger partial charge in [-0.1, -0.05) is 35.5 Å². The van der Waals surface area contributed by atoms with Gasteiger partial charge in [-0.25, -0.2) is 9.79 Å². The summed E-state index contributed by atoms with van der Waals surface area (Å²) in [5, 5.41) is 0.869. The normalized spacial score (nSPS) is 18.8. The molecule has 2 rings (SSSR count). The molecule has 1 aromatic carbocycles. The number of ether oxygens (including phenoxy) is 1. The standard InChI is InChI=1S/C14H15ClN2O2S/c1-3-19-13(18)11-8(2)17-14(16)20-12(11)9-4-6-10(15)7-5-9/h4-7,12H,3H2,1-2H3,(H2,16,17). The third-order valence-corrected chi connectivity index (χ3v) is 4.16. The molecule has 1 heterocycles. The predicted molar refractivity (Wildman–Crippen MR) is 82.7 cm³/mol. The number of hydrogen-bond donors (Lipinski definition) is 1. The van der Waals surface area contributed by atoms with E-state index in [9.17, 15) is 4.79 Å². The van der Waals surface area contributed by atoms with E-state index in [1.807, 2.05) is 12.1 Å². The molecule has 0 saturated heterocycles. The van der Waals surface area contributed by atoms with E-state index in [0.29, 0.717) is 28.1 Å². The summed E-state index contributed by atoms with van der Waals surface area (Å²) in [6.07, 6.45) is 0. The number of nitrogens with two attached hydrogens (primary N) is 1. The molecule has 2 N–H and O–H groups in total. The first-order valence-corrected chi connectivity index (χ1v) is 7.43. The molecular formula is C14H15ClN2O2S. The van der Waals surface area contributed by atoms with Crippen LogP contribution in [0, 0.1) is 0 Å². The van der Waals surface area contributed by atoms with Crippen molar-refractivity contribution in [3.8, 4) is 0 Å². The molecule has 1 aliphatic heterocycles. The molecule has 0 saturated carbocycles. The van der Waals surface area contributed by atoms with E-state index >= 15 is 0 Å². The van der Waals surface area contributed by atoms with Crippen LogP contribution < -0.4 is 5.73 Å². The van der Waals surface area contributed by atoms with Gasteiger partial charge < -0.3 is 10.5 Å². The van der Waals surface area contributed by atoms with Gasteiger partial charge in [0.1, 0.15) is 0 Å². The van der Waals surface area contributed by atoms with E-state index in [0.717, 1.165) is 5.56 Å². The fourth-order valence-corrected chi connectivity index (χ4v) is 3.19. The maximum atomic E-state index is 12.1. The van der Waals surface area contributed by atoms with Gasteiger partial charge in [-0.3, -0.25) is 0 Å². The van der Waals surface area contributed by atoms with Crippen molar-refractivity contribution < 1.29 is 9.53 Å². The summed E-state index contributed by atoms with van der Waals surface area (Å²) in [5.41, 5.74) is 7.90. The first kappa shape index (κ1) is 14.9. The fourth-order valence-electron chi connectivity index (χ4n) is 1.96. The minimum Gasteiger partial charge on any atom is -0.463 e. The molecule has 20 heavy (non-hydrogen) atoms. The van der Waals surface area contributed by atoms with Crippen LogP contribution in [-0.4, -0.2) is 17.7 Å². The highest BCUT2D eigenvalue weighted by atomic mass is 35.5. The predicted octanol–water partition coefficient (Wildman–Crippen LogP) is 3.28. The number of thioether (sulfide) groups is 1. The van der Waals surface area contributed by atoms with Crippen LogP contribution in [0.1, 0.15) is 24.7 Å². The van der Waals surface area contributed by atoms with Crippen LogP contribution in [-0.2, 0) is 9.53 Å². The lowest BCUT2D eigenvalue weighted by Gasteiger charge is -2.23. The Morgan fingerprint density at radius 2 is 2.10 bits per heavy atom. The molecular weight excluding hydrogens is 296 g/mol. The van der Waals surface area contributed by atoms with Crippen molar-refractivity contribution in [3.05, 3.63) is 46.1 Å². The van der Waals surface area contributed by atoms with Gasteiger partial charge in [0, 0.05) is 5.02 Å². The largest absolute Gasteiger partial charge is 0.463 e. The average molecular weight is 311 g/mol. The number of carbonyl (C=O) groups is 1. The number of halogens is 1. The van der Waals surface area contributed by atoms with E-state index in [-0.39, 0.29) is 11.2 Å². The van der Waals surface area contributed by atoms with Gasteiger partial charge in [-0.2, -0.15) is 0 Å². The van der Waals surface area contributed by atoms with E-state index in [2.05, 4.69) is 4.99 Å². The Bertz CT molecular complexity index is 581. The summed E-state index contributed by atoms with van der Waals surface area (Å²) in [5.74, 6) is -0.353. The maximum absolute atomic E-state index is 12.1. The van der Waals surface area contributed by atoms with E-state index in [1.165, 1.54) is 11.8 Å². The summed E-state index contributed by atoms with van der Waals surface area (Å²) in [6.45, 7) is 3.87. The van der Waals surface area contributed by atoms with Crippen LogP contribution in [0.5, 0.6) is 0 Å². The summed E-state index contributed by atoms with van der Waals surface area (Å²) in [4.78, 5) is 16.3. The summed E-state index contributed by atoms with van der Waals surface area (Å²) in [7, 11) is 0. The van der Waals surface area contributed by atoms with Gasteiger partial charge in [0.05, 0.1) is 23.1 Å². The lowest BCUT2D eigenvalue weighted by Crippen LogP contribution is -2.22. The van der Waals surface area contributed by atoms with E-state index in [1.54, 1.807) is 26.0 Å². The molecule has 1 unspecified atom stereocenters. The third-order valence-electron chi connectivity index (χ3n) is 2.84. The van der Waals surface area contributed by atoms with Crippen molar-refractivity contribution in [2.24, 2.45) is 10.7 Å². The molecule has 0 aromatic heterocycles. The highest BCUT2D eigenvalue weighted by Crippen LogP contribution is 2.41. The highest BCUT2D eigenvalue weighted by Gasteiger charge is 2.30. The van der Waals surface area contributed by atoms with Crippen LogP contribution in [0.4, 0.5) is 0 Å². The number of aliphatic imine (C=N–C) groups is 1. The zero-order valence-corrected chi connectivity index (χ0v) is 12.8. The minimum absolute atomic E-state index is 0.219. The van der Waals surface area contributed by atoms with Crippen LogP contribution >= 0.6 is 23.4 Å². The summed E-state index contributed by atoms with van der Waals surface area (Å²) >= 11 is 7.24. The molecule has 6 heteroatoms. The van der Waals surface area contributed by atoms with Gasteiger partial charge in [-0.05, 0) is 31.5 Å². The van der Waals surface area contributed by atoms with Crippen molar-refractivity contribution in [1.82, 2.24) is 0 Å². The first-order valence-electron chi connectivity index (χ1n) is 6.17. The topological polar surface area (TPSA) is 64.7 Å². The Hall–Kier alpha value is -1.46. The maximum Gasteiger partial charge on any atom is 0.337 e. The van der Waals surface area contributed by atoms with Crippen molar-refractivity contribution in [2.45, 2.75) is 19.1 Å². The second-order valence-electron chi connectivity index (χ2n) is 4.22. The van der Waals surface area contributed by atoms with Crippen molar-refractivity contribution in [1.29, 1.82) is 0 Å². The molecule has 0 aliphatic carbocycles. The number of nitrogens with zero attached hydrogens (tertiary/aromatic N) is 1. The molecule has 1 atom stereocenters. The zero-order valence-electron chi connectivity index (χ0n) is 11.2. The second kappa shape index (κ2) is 6.33. The fraction of sp³-hybridized carbons (Fsp3) is 0.286. The quantitative estimate of drug-likeness (QED) is 0.870. The summed E-state index contributed by atoms with van der Waals surface area (Å²) < 4.78 is 5.12. The molecule has 0 amide bonds. The first-order chi connectivity index (χ1) is 9.52. The molecule has 0 bridgehead atoms. The number of carbonyl (C=O) groups excluding carboxylic acids is 1. The van der Waals surface area contributed by atoms with Crippen molar-refractivity contribution in [3.63, 3.8) is 0 Å². The molecule has 1 aromatic rings. The highest BCUT2D eigenvalue weighted by molar-refractivity contribution is 8.14. The van der Waals surface area contributed by atoms with Gasteiger partial charge in [0.15, 0.2) is 5.17 Å². The molecule has 4 nitrogen and oxygen atoms in total. The van der Waals surface area contributed by atoms with Crippen LogP contribution in [0.25, 0.3) is 0 Å². The Morgan fingerprint density at radius 3 is 2.70 bits per heavy atom. The van der Waals surface area contributed by atoms with Crippen LogP contribution in [0.3, 0.4) is 0 Å². The number of hydrogen-bond acceptors (Lipinski definition) is 5. The molecule has 106 valence electrons. The van der Waals surface area contributed by atoms with Gasteiger partial charge in [-0.15, -0.1) is 0 Å². The van der Waals surface area contributed by atoms with Gasteiger partial charge in [0.2, 0.25) is 0 Å². The van der Waals surface area contributed by atoms with Crippen molar-refractivity contribution >= 4 is 34.5 Å². The summed E-state index contributed by atoms with van der Waals surface area (Å²) in [6, 6.07) is 7.34. The molecule has 0 fully saturated rings. The SMILES string of the molecule is CCOC(=O)C1=C(C)N=C(N)SC1c1ccc(Cl)cc1. The number of esters is 1. The van der Waals surface area contributed by atoms with Crippen LogP contribution in [0.15, 0.2) is 40.5 Å². The van der Waals surface area contributed by atoms with Crippen LogP contribution in [0.2, 0.25) is 5.02 Å². The lowest BCUT2D eigenvalue weighted by atomic mass is 10.0. The molecule has 1 aliphatic rings. The zero-order chi connectivity index (χ0) is 14.7. The number of rotatable bonds is 3. The average Bonchev–Trinajstić information content (AvgIpc) is 2.38. The van der Waals surface area contributed by atoms with E-state index in [4.69, 9.17) is 22.1 Å². The second-order valence-corrected chi connectivity index (χ2v) is 5.78. The monoisotopic (exact) mass is 310 g/mol. The van der Waals surface area contributed by atoms with Gasteiger partial charge in [0.25, 0.3) is 0 Å². The number of amidine groups is 1. The lowest BCUT2D eigenvalue weighted by molar-refractivity contribution is -0.138.